The Morgan fingerprint density at radius 3 is 2.52 bits per heavy atom. The zero-order valence-corrected chi connectivity index (χ0v) is 18.7. The number of rotatable bonds is 7. The fourth-order valence-corrected chi connectivity index (χ4v) is 3.65. The van der Waals surface area contributed by atoms with Gasteiger partial charge in [0.25, 0.3) is 6.47 Å². The van der Waals surface area contributed by atoms with Crippen LogP contribution in [-0.4, -0.2) is 27.3 Å². The summed E-state index contributed by atoms with van der Waals surface area (Å²) in [4.78, 5) is 30.6. The normalized spacial score (nSPS) is 10.6. The highest BCUT2D eigenvalue weighted by Gasteiger charge is 2.09. The van der Waals surface area contributed by atoms with Crippen molar-refractivity contribution in [2.75, 3.05) is 5.32 Å². The van der Waals surface area contributed by atoms with Crippen LogP contribution in [0, 0.1) is 6.92 Å². The monoisotopic (exact) mass is 455 g/mol. The number of aromatic nitrogens is 2. The van der Waals surface area contributed by atoms with Crippen molar-refractivity contribution in [3.63, 3.8) is 0 Å². The van der Waals surface area contributed by atoms with Crippen molar-refractivity contribution >= 4 is 41.6 Å². The number of Topliss-reactive ketones (excluding diaryl/α,β-unsaturated/α-hetero) is 1. The Bertz CT molecular complexity index is 1040. The number of allylic oxidation sites excluding steroid dienone is 1. The summed E-state index contributed by atoms with van der Waals surface area (Å²) in [6.45, 7) is 3.34. The van der Waals surface area contributed by atoms with Crippen LogP contribution in [0.3, 0.4) is 0 Å². The average Bonchev–Trinajstić information content (AvgIpc) is 2.76. The van der Waals surface area contributed by atoms with E-state index in [2.05, 4.69) is 27.4 Å². The van der Waals surface area contributed by atoms with Gasteiger partial charge in [-0.25, -0.2) is 9.97 Å². The second-order valence-corrected chi connectivity index (χ2v) is 7.80. The fraction of sp³-hybridized carbons (Fsp3) is 0.130. The number of halogens is 1. The first kappa shape index (κ1) is 24.1. The summed E-state index contributed by atoms with van der Waals surface area (Å²) >= 11 is 7.68. The Balaban J connectivity index is 0.00000107. The van der Waals surface area contributed by atoms with E-state index in [4.69, 9.17) is 21.5 Å². The molecule has 160 valence electrons. The molecular weight excluding hydrogens is 434 g/mol. The molecule has 0 spiro atoms. The summed E-state index contributed by atoms with van der Waals surface area (Å²) < 4.78 is 0. The number of nitrogens with zero attached hydrogens (tertiary/aromatic N) is 2. The largest absolute Gasteiger partial charge is 0.483 e. The minimum Gasteiger partial charge on any atom is -0.483 e. The third-order valence-corrected chi connectivity index (χ3v) is 5.21. The molecule has 0 bridgehead atoms. The summed E-state index contributed by atoms with van der Waals surface area (Å²) in [5, 5.41) is 10.2. The van der Waals surface area contributed by atoms with Crippen LogP contribution >= 0.6 is 23.4 Å². The molecule has 0 fully saturated rings. The molecule has 2 aromatic carbocycles. The van der Waals surface area contributed by atoms with Gasteiger partial charge >= 0.3 is 0 Å². The van der Waals surface area contributed by atoms with Gasteiger partial charge in [0.2, 0.25) is 5.95 Å². The van der Waals surface area contributed by atoms with Crippen LogP contribution in [0.1, 0.15) is 28.5 Å². The molecule has 0 radical (unpaired) electrons. The summed E-state index contributed by atoms with van der Waals surface area (Å²) in [7, 11) is 0. The van der Waals surface area contributed by atoms with E-state index < -0.39 is 0 Å². The average molecular weight is 456 g/mol. The molecule has 0 atom stereocenters. The number of carbonyl (C=O) groups is 2. The van der Waals surface area contributed by atoms with E-state index >= 15 is 0 Å². The van der Waals surface area contributed by atoms with Gasteiger partial charge in [-0.3, -0.25) is 9.59 Å². The van der Waals surface area contributed by atoms with Crippen LogP contribution in [0.5, 0.6) is 0 Å². The molecule has 31 heavy (non-hydrogen) atoms. The molecule has 1 heterocycles. The molecule has 0 aliphatic carbocycles. The molecule has 0 saturated heterocycles. The van der Waals surface area contributed by atoms with Crippen molar-refractivity contribution in [3.05, 3.63) is 94.4 Å². The van der Waals surface area contributed by atoms with E-state index in [1.54, 1.807) is 31.0 Å². The topological polar surface area (TPSA) is 92.2 Å². The van der Waals surface area contributed by atoms with E-state index in [1.807, 2.05) is 49.4 Å². The Labute approximate surface area is 190 Å². The quantitative estimate of drug-likeness (QED) is 0.157. The number of hydrogen-bond acceptors (Lipinski definition) is 6. The van der Waals surface area contributed by atoms with Crippen molar-refractivity contribution in [1.82, 2.24) is 9.97 Å². The van der Waals surface area contributed by atoms with E-state index in [9.17, 15) is 4.79 Å². The summed E-state index contributed by atoms with van der Waals surface area (Å²) in [5.74, 6) is 1.13. The lowest BCUT2D eigenvalue weighted by molar-refractivity contribution is -0.122. The molecule has 1 aromatic heterocycles. The van der Waals surface area contributed by atoms with E-state index in [-0.39, 0.29) is 12.3 Å². The highest BCUT2D eigenvalue weighted by Crippen LogP contribution is 2.23. The molecule has 8 heteroatoms. The molecule has 3 rings (SSSR count). The Kier molecular flexibility index (Phi) is 9.74. The summed E-state index contributed by atoms with van der Waals surface area (Å²) in [6.07, 6.45) is 1.61. The van der Waals surface area contributed by atoms with E-state index in [0.29, 0.717) is 22.2 Å². The van der Waals surface area contributed by atoms with Crippen LogP contribution in [0.4, 0.5) is 5.95 Å². The number of benzene rings is 2. The highest BCUT2D eigenvalue weighted by molar-refractivity contribution is 7.98. The van der Waals surface area contributed by atoms with Crippen molar-refractivity contribution < 1.29 is 14.7 Å². The van der Waals surface area contributed by atoms with Gasteiger partial charge in [-0.05, 0) is 43.7 Å². The maximum Gasteiger partial charge on any atom is 0.290 e. The van der Waals surface area contributed by atoms with Crippen molar-refractivity contribution in [2.45, 2.75) is 24.5 Å². The van der Waals surface area contributed by atoms with Gasteiger partial charge in [0, 0.05) is 33.7 Å². The first-order chi connectivity index (χ1) is 14.9. The van der Waals surface area contributed by atoms with Gasteiger partial charge in [-0.2, -0.15) is 0 Å². The van der Waals surface area contributed by atoms with Gasteiger partial charge in [0.05, 0.1) is 0 Å². The molecule has 0 saturated carbocycles. The Morgan fingerprint density at radius 2 is 1.84 bits per heavy atom. The van der Waals surface area contributed by atoms with Gasteiger partial charge in [0.1, 0.15) is 5.15 Å². The van der Waals surface area contributed by atoms with Crippen LogP contribution in [0.15, 0.2) is 77.3 Å². The Morgan fingerprint density at radius 1 is 1.13 bits per heavy atom. The third kappa shape index (κ3) is 8.24. The first-order valence-electron chi connectivity index (χ1n) is 9.26. The lowest BCUT2D eigenvalue weighted by Crippen LogP contribution is -2.05. The lowest BCUT2D eigenvalue weighted by atomic mass is 10.0. The molecular formula is C23H22ClN3O3S. The molecule has 0 aliphatic heterocycles. The van der Waals surface area contributed by atoms with Gasteiger partial charge in [0.15, 0.2) is 5.78 Å². The smallest absolute Gasteiger partial charge is 0.290 e. The van der Waals surface area contributed by atoms with Gasteiger partial charge in [-0.15, -0.1) is 11.8 Å². The van der Waals surface area contributed by atoms with Crippen molar-refractivity contribution in [3.8, 4) is 0 Å². The van der Waals surface area contributed by atoms with E-state index in [0.717, 1.165) is 17.0 Å². The highest BCUT2D eigenvalue weighted by atomic mass is 35.5. The van der Waals surface area contributed by atoms with Gasteiger partial charge in [-0.1, -0.05) is 48.0 Å². The first-order valence-corrected chi connectivity index (χ1v) is 10.6. The predicted octanol–water partition coefficient (Wildman–Crippen LogP) is 5.63. The number of carbonyl (C=O) groups excluding carboxylic acids is 1. The minimum atomic E-state index is -0.250. The zero-order valence-electron chi connectivity index (χ0n) is 17.1. The second-order valence-electron chi connectivity index (χ2n) is 6.36. The predicted molar refractivity (Wildman–Crippen MR) is 125 cm³/mol. The number of aryl methyl sites for hydroxylation is 1. The number of thioether (sulfide) groups is 1. The second kappa shape index (κ2) is 12.5. The molecule has 2 N–H and O–H groups in total. The Hall–Kier alpha value is -3.16. The lowest BCUT2D eigenvalue weighted by Gasteiger charge is -2.07. The van der Waals surface area contributed by atoms with Crippen LogP contribution in [0.25, 0.3) is 0 Å². The number of anilines is 1. The molecule has 0 aliphatic rings. The summed E-state index contributed by atoms with van der Waals surface area (Å²) in [5.41, 5.74) is 3.08. The number of hydrogen-bond donors (Lipinski definition) is 2. The van der Waals surface area contributed by atoms with Crippen LogP contribution in [0.2, 0.25) is 5.15 Å². The number of nitrogens with one attached hydrogen (secondary N) is 1. The van der Waals surface area contributed by atoms with Gasteiger partial charge < -0.3 is 10.4 Å². The van der Waals surface area contributed by atoms with Crippen molar-refractivity contribution in [1.29, 1.82) is 0 Å². The molecule has 6 nitrogen and oxygen atoms in total. The number of ketones is 1. The third-order valence-electron chi connectivity index (χ3n) is 3.94. The van der Waals surface area contributed by atoms with E-state index in [1.165, 1.54) is 4.90 Å². The van der Waals surface area contributed by atoms with Crippen molar-refractivity contribution in [2.24, 2.45) is 0 Å². The maximum absolute atomic E-state index is 12.7. The molecule has 0 amide bonds. The maximum atomic E-state index is 12.7. The fourth-order valence-electron chi connectivity index (χ4n) is 2.55. The minimum absolute atomic E-state index is 0.0437. The summed E-state index contributed by atoms with van der Waals surface area (Å²) in [6, 6.07) is 19.6. The number of carboxylic acid groups (broad SMARTS) is 1. The standard InChI is InChI=1S/C22H20ClN3OS.CH2O2/c1-15(13-24-22-25-16(2)11-20(23)26-22)21(27)18-8-6-7-17(12-18)14-28-19-9-4-3-5-10-19;2-1-3/h3-13H,14H2,1-2H3,(H,24,25,26);1H,(H,2,3)/b15-13+;. The SMILES string of the molecule is C/C(=C\Nc1nc(C)cc(Cl)n1)C(=O)c1cccc(CSc2ccccc2)c1.O=CO. The molecule has 0 unspecified atom stereocenters. The zero-order chi connectivity index (χ0) is 22.6. The van der Waals surface area contributed by atoms with Crippen LogP contribution in [-0.2, 0) is 10.5 Å². The van der Waals surface area contributed by atoms with Crippen LogP contribution < -0.4 is 5.32 Å². The molecule has 3 aromatic rings.